The summed E-state index contributed by atoms with van der Waals surface area (Å²) in [5.74, 6) is -0.625. The fraction of sp³-hybridized carbons (Fsp3) is 0.0952. The van der Waals surface area contributed by atoms with E-state index >= 15 is 0 Å². The van der Waals surface area contributed by atoms with Crippen molar-refractivity contribution in [1.82, 2.24) is 0 Å². The van der Waals surface area contributed by atoms with Crippen LogP contribution in [0.5, 0.6) is 0 Å². The third kappa shape index (κ3) is 2.93. The van der Waals surface area contributed by atoms with E-state index in [1.165, 1.54) is 12.1 Å². The van der Waals surface area contributed by atoms with Crippen LogP contribution in [0, 0.1) is 0 Å². The number of halogens is 3. The molecule has 1 aliphatic rings. The molecule has 0 spiro atoms. The predicted octanol–water partition coefficient (Wildman–Crippen LogP) is 4.83. The lowest BCUT2D eigenvalue weighted by atomic mass is 9.93. The minimum absolute atomic E-state index is 0.0287. The van der Waals surface area contributed by atoms with E-state index in [4.69, 9.17) is 10.5 Å². The van der Waals surface area contributed by atoms with Crippen LogP contribution in [-0.4, -0.2) is 5.78 Å². The molecule has 1 aliphatic heterocycles. The molecule has 0 aromatic heterocycles. The molecule has 3 aromatic rings. The van der Waals surface area contributed by atoms with Crippen molar-refractivity contribution in [3.8, 4) is 0 Å². The number of ketones is 1. The van der Waals surface area contributed by atoms with Crippen molar-refractivity contribution in [3.63, 3.8) is 0 Å². The van der Waals surface area contributed by atoms with Gasteiger partial charge in [0.15, 0.2) is 12.0 Å². The zero-order valence-electron chi connectivity index (χ0n) is 14.0. The van der Waals surface area contributed by atoms with E-state index in [2.05, 4.69) is 0 Å². The summed E-state index contributed by atoms with van der Waals surface area (Å²) in [4.78, 5) is 13.0. The molecule has 3 nitrogen and oxygen atoms in total. The average Bonchev–Trinajstić information content (AvgIpc) is 2.95. The Morgan fingerprint density at radius 3 is 2.41 bits per heavy atom. The molecular weight excluding hydrogens is 355 g/mol. The van der Waals surface area contributed by atoms with Crippen LogP contribution in [0.3, 0.4) is 0 Å². The Balaban J connectivity index is 1.76. The van der Waals surface area contributed by atoms with Crippen molar-refractivity contribution in [2.24, 2.45) is 5.73 Å². The third-order valence-electron chi connectivity index (χ3n) is 4.56. The zero-order valence-corrected chi connectivity index (χ0v) is 14.0. The van der Waals surface area contributed by atoms with Crippen LogP contribution in [-0.2, 0) is 15.7 Å². The molecule has 0 fully saturated rings. The van der Waals surface area contributed by atoms with Crippen LogP contribution < -0.4 is 5.73 Å². The van der Waals surface area contributed by atoms with Gasteiger partial charge in [0, 0.05) is 5.56 Å². The van der Waals surface area contributed by atoms with Crippen LogP contribution in [0.15, 0.2) is 72.6 Å². The molecule has 3 aromatic carbocycles. The van der Waals surface area contributed by atoms with E-state index in [-0.39, 0.29) is 17.0 Å². The Morgan fingerprint density at radius 2 is 1.63 bits per heavy atom. The summed E-state index contributed by atoms with van der Waals surface area (Å²) in [6, 6.07) is 17.5. The maximum absolute atomic E-state index is 13.0. The largest absolute Gasteiger partial charge is 0.462 e. The highest BCUT2D eigenvalue weighted by Crippen LogP contribution is 2.40. The SMILES string of the molecule is NC1=C(c2cccc(C(F)(F)F)c2)C(=O)C(c2cccc3ccccc23)O1. The highest BCUT2D eigenvalue weighted by Gasteiger charge is 2.38. The maximum Gasteiger partial charge on any atom is 0.416 e. The first-order valence-electron chi connectivity index (χ1n) is 8.22. The number of ether oxygens (including phenoxy) is 1. The second-order valence-corrected chi connectivity index (χ2v) is 6.25. The number of alkyl halides is 3. The summed E-state index contributed by atoms with van der Waals surface area (Å²) in [6.07, 6.45) is -5.50. The number of carbonyl (C=O) groups excluding carboxylic acids is 1. The van der Waals surface area contributed by atoms with Crippen LogP contribution in [0.25, 0.3) is 16.3 Å². The number of benzene rings is 3. The number of Topliss-reactive ketones (excluding diaryl/α,β-unsaturated/α-hetero) is 1. The minimum atomic E-state index is -4.51. The van der Waals surface area contributed by atoms with Crippen LogP contribution in [0.1, 0.15) is 22.8 Å². The van der Waals surface area contributed by atoms with Gasteiger partial charge in [-0.2, -0.15) is 13.2 Å². The first kappa shape index (κ1) is 17.1. The molecule has 0 saturated heterocycles. The standard InChI is InChI=1S/C21H14F3NO2/c22-21(23,24)14-8-3-7-13(11-14)17-18(26)19(27-20(17)25)16-10-4-6-12-5-1-2-9-15(12)16/h1-11,19H,25H2. The average molecular weight is 369 g/mol. The lowest BCUT2D eigenvalue weighted by Crippen LogP contribution is -2.11. The normalized spacial score (nSPS) is 17.4. The van der Waals surface area contributed by atoms with Gasteiger partial charge in [-0.15, -0.1) is 0 Å². The molecule has 136 valence electrons. The number of rotatable bonds is 2. The van der Waals surface area contributed by atoms with Gasteiger partial charge in [0.25, 0.3) is 0 Å². The summed E-state index contributed by atoms with van der Waals surface area (Å²) in [7, 11) is 0. The van der Waals surface area contributed by atoms with Crippen LogP contribution in [0.4, 0.5) is 13.2 Å². The molecule has 1 heterocycles. The Labute approximate surface area is 152 Å². The van der Waals surface area contributed by atoms with E-state index in [1.54, 1.807) is 12.1 Å². The maximum atomic E-state index is 13.0. The molecule has 0 aliphatic carbocycles. The highest BCUT2D eigenvalue weighted by molar-refractivity contribution is 6.25. The molecule has 0 amide bonds. The Hall–Kier alpha value is -3.28. The molecule has 0 saturated carbocycles. The van der Waals surface area contributed by atoms with Crippen LogP contribution in [0.2, 0.25) is 0 Å². The molecular formula is C21H14F3NO2. The molecule has 0 radical (unpaired) electrons. The van der Waals surface area contributed by atoms with Gasteiger partial charge in [-0.1, -0.05) is 54.6 Å². The van der Waals surface area contributed by atoms with Crippen molar-refractivity contribution in [3.05, 3.63) is 89.3 Å². The molecule has 6 heteroatoms. The topological polar surface area (TPSA) is 52.3 Å². The second kappa shape index (κ2) is 6.16. The lowest BCUT2D eigenvalue weighted by Gasteiger charge is -2.13. The van der Waals surface area contributed by atoms with E-state index in [1.807, 2.05) is 30.3 Å². The number of carbonyl (C=O) groups is 1. The number of nitrogens with two attached hydrogens (primary N) is 1. The highest BCUT2D eigenvalue weighted by atomic mass is 19.4. The number of hydrogen-bond acceptors (Lipinski definition) is 3. The third-order valence-corrected chi connectivity index (χ3v) is 4.56. The van der Waals surface area contributed by atoms with E-state index in [0.717, 1.165) is 22.9 Å². The second-order valence-electron chi connectivity index (χ2n) is 6.25. The Bertz CT molecular complexity index is 1080. The molecule has 2 N–H and O–H groups in total. The predicted molar refractivity (Wildman–Crippen MR) is 95.3 cm³/mol. The monoisotopic (exact) mass is 369 g/mol. The lowest BCUT2D eigenvalue weighted by molar-refractivity contribution is -0.137. The Morgan fingerprint density at radius 1 is 0.926 bits per heavy atom. The van der Waals surface area contributed by atoms with Gasteiger partial charge >= 0.3 is 6.18 Å². The van der Waals surface area contributed by atoms with Crippen molar-refractivity contribution in [2.45, 2.75) is 12.3 Å². The van der Waals surface area contributed by atoms with Gasteiger partial charge < -0.3 is 10.5 Å². The number of fused-ring (bicyclic) bond motifs is 1. The van der Waals surface area contributed by atoms with Gasteiger partial charge in [-0.3, -0.25) is 4.79 Å². The zero-order chi connectivity index (χ0) is 19.2. The van der Waals surface area contributed by atoms with E-state index < -0.39 is 23.6 Å². The van der Waals surface area contributed by atoms with Crippen molar-refractivity contribution >= 4 is 22.1 Å². The van der Waals surface area contributed by atoms with E-state index in [9.17, 15) is 18.0 Å². The summed E-state index contributed by atoms with van der Waals surface area (Å²) >= 11 is 0. The molecule has 0 bridgehead atoms. The summed E-state index contributed by atoms with van der Waals surface area (Å²) in [5.41, 5.74) is 5.73. The summed E-state index contributed by atoms with van der Waals surface area (Å²) < 4.78 is 44.6. The van der Waals surface area contributed by atoms with Crippen molar-refractivity contribution < 1.29 is 22.7 Å². The first-order chi connectivity index (χ1) is 12.9. The number of hydrogen-bond donors (Lipinski definition) is 1. The van der Waals surface area contributed by atoms with Gasteiger partial charge in [0.2, 0.25) is 5.78 Å². The van der Waals surface area contributed by atoms with Gasteiger partial charge in [-0.25, -0.2) is 0 Å². The van der Waals surface area contributed by atoms with Gasteiger partial charge in [-0.05, 0) is 28.5 Å². The fourth-order valence-corrected chi connectivity index (χ4v) is 3.31. The Kier molecular flexibility index (Phi) is 3.91. The molecule has 27 heavy (non-hydrogen) atoms. The summed E-state index contributed by atoms with van der Waals surface area (Å²) in [5, 5.41) is 1.76. The van der Waals surface area contributed by atoms with Gasteiger partial charge in [0.05, 0.1) is 11.1 Å². The minimum Gasteiger partial charge on any atom is -0.462 e. The van der Waals surface area contributed by atoms with E-state index in [0.29, 0.717) is 5.56 Å². The molecule has 1 atom stereocenters. The van der Waals surface area contributed by atoms with Crippen LogP contribution >= 0.6 is 0 Å². The van der Waals surface area contributed by atoms with Gasteiger partial charge in [0.1, 0.15) is 0 Å². The van der Waals surface area contributed by atoms with Crippen molar-refractivity contribution in [2.75, 3.05) is 0 Å². The summed E-state index contributed by atoms with van der Waals surface area (Å²) in [6.45, 7) is 0. The molecule has 1 unspecified atom stereocenters. The van der Waals surface area contributed by atoms with Crippen molar-refractivity contribution in [1.29, 1.82) is 0 Å². The quantitative estimate of drug-likeness (QED) is 0.704. The molecule has 4 rings (SSSR count). The first-order valence-corrected chi connectivity index (χ1v) is 8.22. The smallest absolute Gasteiger partial charge is 0.416 e. The fourth-order valence-electron chi connectivity index (χ4n) is 3.31.